The van der Waals surface area contributed by atoms with Gasteiger partial charge in [-0.2, -0.15) is 20.4 Å². The van der Waals surface area contributed by atoms with Crippen LogP contribution in [-0.2, 0) is 61.7 Å². The van der Waals surface area contributed by atoms with Crippen LogP contribution in [-0.4, -0.2) is 181 Å². The van der Waals surface area contributed by atoms with Crippen LogP contribution in [0.5, 0.6) is 0 Å². The minimum absolute atomic E-state index is 0.0318. The summed E-state index contributed by atoms with van der Waals surface area (Å²) >= 11 is 0. The van der Waals surface area contributed by atoms with E-state index in [9.17, 15) is 38.4 Å². The van der Waals surface area contributed by atoms with Crippen LogP contribution in [0.2, 0.25) is 0 Å². The molecule has 8 aromatic heterocycles. The number of nitrogens with zero attached hydrogens (tertiary/aromatic N) is 17. The van der Waals surface area contributed by atoms with Crippen LogP contribution in [0.15, 0.2) is 134 Å². The predicted octanol–water partition coefficient (Wildman–Crippen LogP) is 9.72. The number of carbonyl (C=O) groups is 8. The molecule has 0 unspecified atom stereocenters. The second-order valence-electron chi connectivity index (χ2n) is 31.6. The highest BCUT2D eigenvalue weighted by Gasteiger charge is 2.36. The molecule has 646 valence electrons. The van der Waals surface area contributed by atoms with Gasteiger partial charge in [0, 0.05) is 228 Å². The Morgan fingerprint density at radius 1 is 0.349 bits per heavy atom. The summed E-state index contributed by atoms with van der Waals surface area (Å²) in [5.41, 5.74) is 22.7. The lowest BCUT2D eigenvalue weighted by Gasteiger charge is -2.30. The molecule has 3 aliphatic carbocycles. The van der Waals surface area contributed by atoms with Crippen molar-refractivity contribution in [2.24, 2.45) is 38.9 Å². The zero-order valence-corrected chi connectivity index (χ0v) is 71.4. The number of hydrogen-bond acceptors (Lipinski definition) is 26. The number of pyridine rings is 2. The number of urea groups is 1. The van der Waals surface area contributed by atoms with Crippen molar-refractivity contribution in [3.63, 3.8) is 0 Å². The maximum atomic E-state index is 12.5. The van der Waals surface area contributed by atoms with Gasteiger partial charge in [0.1, 0.15) is 11.6 Å². The summed E-state index contributed by atoms with van der Waals surface area (Å²) in [6.07, 6.45) is 16.2. The van der Waals surface area contributed by atoms with Gasteiger partial charge in [0.2, 0.25) is 17.7 Å². The molecule has 3 fully saturated rings. The lowest BCUT2D eigenvalue weighted by Crippen LogP contribution is -2.25. The number of carbonyl (C=O) groups excluding carboxylic acids is 8. The van der Waals surface area contributed by atoms with E-state index >= 15 is 0 Å². The van der Waals surface area contributed by atoms with Gasteiger partial charge >= 0.3 is 6.03 Å². The Hall–Kier alpha value is -15.9. The SMILES string of the molecule is CNC(=O)Nc1cc(Nc2cccc3c2N(C)Cc2cn(C)nc2-3)c(C(=O)NC)cn1.CNC(=O)c1cnc(NC(=O)C2CC2)cc1Nc1cccc2c1N(C)Cc1cn(C)nc1-2.CNC(=O)c1nnc(NC(=O)C2CC2)cc1Nc1cccc2c1N(C)Cc1cn(C)nc1-2.CNC(=O)c1nnc(NC(=O)C2CC2)cc1Nc1cccc2c1N(C)Cc1cn[nH]c1-2. The monoisotopic (exact) mass is 1700 g/mol. The number of benzene rings is 4. The maximum absolute atomic E-state index is 12.5. The Morgan fingerprint density at radius 3 is 1.03 bits per heavy atom. The first-order valence-electron chi connectivity index (χ1n) is 41.0. The van der Waals surface area contributed by atoms with E-state index in [-0.39, 0.29) is 70.5 Å². The Labute approximate surface area is 723 Å². The average Bonchev–Trinajstić information content (AvgIpc) is 1.54. The van der Waals surface area contributed by atoms with Crippen LogP contribution < -0.4 is 88.7 Å². The maximum Gasteiger partial charge on any atom is 0.320 e. The summed E-state index contributed by atoms with van der Waals surface area (Å²) in [5, 5.41) is 74.8. The quantitative estimate of drug-likeness (QED) is 0.0358. The van der Waals surface area contributed by atoms with Crippen molar-refractivity contribution in [3.8, 4) is 45.0 Å². The van der Waals surface area contributed by atoms with E-state index in [0.717, 1.165) is 159 Å². The number of H-pyrrole nitrogens is 1. The molecule has 3 saturated carbocycles. The molecule has 0 saturated heterocycles. The van der Waals surface area contributed by atoms with Crippen molar-refractivity contribution in [2.45, 2.75) is 64.7 Å². The molecule has 4 aromatic carbocycles. The average molecular weight is 1700 g/mol. The Bertz CT molecular complexity index is 6120. The van der Waals surface area contributed by atoms with Gasteiger partial charge in [0.05, 0.1) is 108 Å². The first kappa shape index (κ1) is 83.8. The van der Waals surface area contributed by atoms with Crippen LogP contribution in [0.4, 0.5) is 96.3 Å². The molecule has 4 aliphatic heterocycles. The van der Waals surface area contributed by atoms with Gasteiger partial charge in [-0.1, -0.05) is 48.5 Å². The fourth-order valence-electron chi connectivity index (χ4n) is 15.7. The van der Waals surface area contributed by atoms with Crippen LogP contribution in [0.1, 0.15) is 102 Å². The van der Waals surface area contributed by atoms with Gasteiger partial charge in [0.15, 0.2) is 23.0 Å². The highest BCUT2D eigenvalue weighted by atomic mass is 16.2. The summed E-state index contributed by atoms with van der Waals surface area (Å²) in [6.45, 7) is 2.87. The molecule has 12 aromatic rings. The van der Waals surface area contributed by atoms with E-state index in [1.165, 1.54) is 39.1 Å². The number of amides is 9. The van der Waals surface area contributed by atoms with Crippen molar-refractivity contribution in [3.05, 3.63) is 179 Å². The fraction of sp³-hybridized carbons (Fsp3) is 0.287. The normalized spacial score (nSPS) is 13.8. The zero-order valence-electron chi connectivity index (χ0n) is 71.4. The standard InChI is InChI=1S/C23H25N7O2.C22H24N8O2.C21H22N8O2.C21H24N8O2/c1-24-23(32)16-10-25-19(27-22(31)13-7-8-13)9-18(16)26-17-6-4-5-15-20-14(12-30(3)28-20)11-29(2)21(15)17;1-23-22(32)19-16(9-17(26-27-19)25-21(31)12-7-8-12)24-15-6-4-5-14-18-13(11-30(3)28-18)10-29(2)20(14)15;1-22-21(31)18-15(8-16(26-28-18)25-20(30)11-6-7-11)24-14-5-3-4-13-17-12(9-23-27-17)10-29(2)19(13)14;1-22-20(30)14-9-24-17(26-21(31)23-2)8-16(14)25-15-7-5-6-13-18-12(11-29(4)27-18)10-28(3)19(13)15/h4-6,9-10,12-13H,7-8,11H2,1-3H3,(H,24,32)(H2,25,26,27,31);4-6,9,11-12H,7-8,10H2,1-3H3,(H,23,32)(H2,24,25,26,31);3-5,8-9,11H,6-7,10H2,1-2H3,(H,22,31)(H,23,27)(H2,24,25,26,30);5-9,11H,10H2,1-4H3,(H,22,30)(H3,23,24,25,26,31). The number of rotatable bonds is 19. The summed E-state index contributed by atoms with van der Waals surface area (Å²) in [5.74, 6) is 0.0274. The fourth-order valence-corrected chi connectivity index (χ4v) is 15.7. The molecule has 12 heterocycles. The number of para-hydroxylation sites is 4. The van der Waals surface area contributed by atoms with Crippen LogP contribution in [0.25, 0.3) is 45.0 Å². The second kappa shape index (κ2) is 35.3. The molecule has 0 radical (unpaired) electrons. The van der Waals surface area contributed by atoms with Crippen LogP contribution in [0.3, 0.4) is 0 Å². The van der Waals surface area contributed by atoms with Crippen molar-refractivity contribution < 1.29 is 38.4 Å². The third-order valence-corrected chi connectivity index (χ3v) is 22.1. The largest absolute Gasteiger partial charge is 0.368 e. The predicted molar refractivity (Wildman–Crippen MR) is 480 cm³/mol. The van der Waals surface area contributed by atoms with E-state index in [4.69, 9.17) is 0 Å². The summed E-state index contributed by atoms with van der Waals surface area (Å²) < 4.78 is 5.46. The van der Waals surface area contributed by atoms with Crippen molar-refractivity contribution >= 4 is 139 Å². The molecule has 0 bridgehead atoms. The molecule has 14 N–H and O–H groups in total. The molecule has 0 spiro atoms. The molecule has 39 nitrogen and oxygen atoms in total. The van der Waals surface area contributed by atoms with Crippen molar-refractivity contribution in [2.75, 3.05) is 126 Å². The van der Waals surface area contributed by atoms with E-state index in [1.807, 2.05) is 155 Å². The molecular weight excluding hydrogens is 1610 g/mol. The molecule has 126 heavy (non-hydrogen) atoms. The lowest BCUT2D eigenvalue weighted by atomic mass is 9.99. The minimum Gasteiger partial charge on any atom is -0.368 e. The van der Waals surface area contributed by atoms with Gasteiger partial charge in [-0.3, -0.25) is 58.0 Å². The Kier molecular flexibility index (Phi) is 23.5. The lowest BCUT2D eigenvalue weighted by molar-refractivity contribution is -0.118. The molecule has 9 amide bonds. The van der Waals surface area contributed by atoms with E-state index in [1.54, 1.807) is 38.4 Å². The number of anilines is 16. The summed E-state index contributed by atoms with van der Waals surface area (Å²) in [6, 6.07) is 30.0. The Balaban J connectivity index is 0.000000124. The van der Waals surface area contributed by atoms with Crippen molar-refractivity contribution in [1.29, 1.82) is 0 Å². The molecule has 0 atom stereocenters. The first-order chi connectivity index (χ1) is 60.8. The Morgan fingerprint density at radius 2 is 0.675 bits per heavy atom. The van der Waals surface area contributed by atoms with Crippen molar-refractivity contribution in [1.82, 2.24) is 96.5 Å². The molecular formula is C87H95N31O8. The number of hydrogen-bond donors (Lipinski definition) is 14. The number of fused-ring (bicyclic) bond motifs is 12. The van der Waals surface area contributed by atoms with Gasteiger partial charge < -0.3 is 83.4 Å². The number of aryl methyl sites for hydroxylation is 3. The first-order valence-corrected chi connectivity index (χ1v) is 41.0. The van der Waals surface area contributed by atoms with Gasteiger partial charge in [-0.05, 0) is 62.8 Å². The number of aromatic nitrogens is 14. The third kappa shape index (κ3) is 17.7. The zero-order chi connectivity index (χ0) is 88.5. The van der Waals surface area contributed by atoms with Gasteiger partial charge in [-0.15, -0.1) is 20.4 Å². The topological polar surface area (TPSA) is 465 Å². The minimum atomic E-state index is -0.398. The van der Waals surface area contributed by atoms with Crippen LogP contribution in [0, 0.1) is 17.8 Å². The highest BCUT2D eigenvalue weighted by Crippen LogP contribution is 2.49. The number of aromatic amines is 1. The van der Waals surface area contributed by atoms with Crippen LogP contribution >= 0.6 is 0 Å². The van der Waals surface area contributed by atoms with E-state index in [2.05, 4.69) is 151 Å². The summed E-state index contributed by atoms with van der Waals surface area (Å²) in [4.78, 5) is 115. The second-order valence-corrected chi connectivity index (χ2v) is 31.6. The van der Waals surface area contributed by atoms with E-state index in [0.29, 0.717) is 70.2 Å². The number of nitrogens with one attached hydrogen (secondary N) is 14. The van der Waals surface area contributed by atoms with Gasteiger partial charge in [-0.25, -0.2) is 14.8 Å². The van der Waals surface area contributed by atoms with E-state index < -0.39 is 6.03 Å². The molecule has 19 rings (SSSR count). The third-order valence-electron chi connectivity index (χ3n) is 22.1. The smallest absolute Gasteiger partial charge is 0.320 e. The molecule has 39 heteroatoms. The summed E-state index contributed by atoms with van der Waals surface area (Å²) in [7, 11) is 21.6. The highest BCUT2D eigenvalue weighted by molar-refractivity contribution is 6.07. The van der Waals surface area contributed by atoms with Gasteiger partial charge in [0.25, 0.3) is 23.6 Å². The molecule has 7 aliphatic rings.